The minimum Gasteiger partial charge on any atom is -0.379 e. The van der Waals surface area contributed by atoms with Crippen LogP contribution in [0.1, 0.15) is 38.5 Å². The van der Waals surface area contributed by atoms with Gasteiger partial charge in [-0.2, -0.15) is 0 Å². The average molecular weight is 285 g/mol. The molecule has 1 aliphatic rings. The van der Waals surface area contributed by atoms with Gasteiger partial charge < -0.3 is 11.1 Å². The molecule has 1 aromatic rings. The number of hydrogen-bond acceptors (Lipinski definition) is 2. The van der Waals surface area contributed by atoms with Gasteiger partial charge in [-0.3, -0.25) is 0 Å². The molecule has 1 unspecified atom stereocenters. The van der Waals surface area contributed by atoms with Crippen molar-refractivity contribution in [2.24, 2.45) is 11.7 Å². The molecule has 1 saturated carbocycles. The van der Waals surface area contributed by atoms with Crippen LogP contribution in [0.3, 0.4) is 0 Å². The lowest BCUT2D eigenvalue weighted by molar-refractivity contribution is 0.398. The smallest absolute Gasteiger partial charge is 0.125 e. The zero-order valence-corrected chi connectivity index (χ0v) is 11.9. The highest BCUT2D eigenvalue weighted by molar-refractivity contribution is 6.33. The zero-order valence-electron chi connectivity index (χ0n) is 11.2. The minimum atomic E-state index is -0.275. The first kappa shape index (κ1) is 14.6. The second kappa shape index (κ2) is 7.11. The molecule has 0 spiro atoms. The third-order valence-corrected chi connectivity index (χ3v) is 4.32. The fourth-order valence-corrected chi connectivity index (χ4v) is 3.06. The van der Waals surface area contributed by atoms with Crippen molar-refractivity contribution < 1.29 is 4.39 Å². The van der Waals surface area contributed by atoms with Crippen molar-refractivity contribution in [3.8, 4) is 0 Å². The van der Waals surface area contributed by atoms with Crippen LogP contribution in [0.25, 0.3) is 0 Å². The summed E-state index contributed by atoms with van der Waals surface area (Å²) in [4.78, 5) is 0. The Labute approximate surface area is 119 Å². The van der Waals surface area contributed by atoms with Gasteiger partial charge in [0.2, 0.25) is 0 Å². The van der Waals surface area contributed by atoms with Crippen LogP contribution in [0.15, 0.2) is 18.2 Å². The van der Waals surface area contributed by atoms with E-state index in [-0.39, 0.29) is 11.9 Å². The standard InChI is InChI=1S/C15H22ClFN2/c16-13-8-7-12(17)9-14(13)19-15(10-18)11-5-3-1-2-4-6-11/h7-9,11,15,19H,1-6,10,18H2. The van der Waals surface area contributed by atoms with Gasteiger partial charge in [0.1, 0.15) is 5.82 Å². The van der Waals surface area contributed by atoms with E-state index in [4.69, 9.17) is 17.3 Å². The molecule has 4 heteroatoms. The number of nitrogens with one attached hydrogen (secondary N) is 1. The first-order valence-electron chi connectivity index (χ1n) is 7.12. The van der Waals surface area contributed by atoms with E-state index in [0.29, 0.717) is 23.2 Å². The molecule has 0 amide bonds. The Balaban J connectivity index is 2.07. The van der Waals surface area contributed by atoms with E-state index >= 15 is 0 Å². The Kier molecular flexibility index (Phi) is 5.46. The summed E-state index contributed by atoms with van der Waals surface area (Å²) < 4.78 is 13.3. The first-order chi connectivity index (χ1) is 9.20. The summed E-state index contributed by atoms with van der Waals surface area (Å²) in [6.07, 6.45) is 7.55. The molecule has 3 N–H and O–H groups in total. The van der Waals surface area contributed by atoms with Crippen LogP contribution in [0.5, 0.6) is 0 Å². The Morgan fingerprint density at radius 1 is 1.26 bits per heavy atom. The van der Waals surface area contributed by atoms with E-state index in [9.17, 15) is 4.39 Å². The highest BCUT2D eigenvalue weighted by atomic mass is 35.5. The van der Waals surface area contributed by atoms with E-state index < -0.39 is 0 Å². The quantitative estimate of drug-likeness (QED) is 0.814. The zero-order chi connectivity index (χ0) is 13.7. The molecule has 2 rings (SSSR count). The van der Waals surface area contributed by atoms with Crippen LogP contribution in [0.4, 0.5) is 10.1 Å². The summed E-state index contributed by atoms with van der Waals surface area (Å²) in [5.41, 5.74) is 6.55. The first-order valence-corrected chi connectivity index (χ1v) is 7.50. The number of hydrogen-bond donors (Lipinski definition) is 2. The van der Waals surface area contributed by atoms with Crippen LogP contribution in [0, 0.1) is 11.7 Å². The van der Waals surface area contributed by atoms with Crippen molar-refractivity contribution in [3.63, 3.8) is 0 Å². The number of halogens is 2. The van der Waals surface area contributed by atoms with Crippen molar-refractivity contribution in [2.45, 2.75) is 44.6 Å². The minimum absolute atomic E-state index is 0.178. The number of nitrogens with two attached hydrogens (primary N) is 1. The maximum absolute atomic E-state index is 13.3. The van der Waals surface area contributed by atoms with Gasteiger partial charge in [0.05, 0.1) is 10.7 Å². The molecule has 0 aromatic heterocycles. The maximum atomic E-state index is 13.3. The highest BCUT2D eigenvalue weighted by Crippen LogP contribution is 2.29. The Morgan fingerprint density at radius 3 is 2.58 bits per heavy atom. The average Bonchev–Trinajstić information content (AvgIpc) is 2.68. The maximum Gasteiger partial charge on any atom is 0.125 e. The van der Waals surface area contributed by atoms with Crippen molar-refractivity contribution >= 4 is 17.3 Å². The van der Waals surface area contributed by atoms with Gasteiger partial charge in [-0.25, -0.2) is 4.39 Å². The van der Waals surface area contributed by atoms with Crippen molar-refractivity contribution in [3.05, 3.63) is 29.0 Å². The molecule has 0 heterocycles. The third-order valence-electron chi connectivity index (χ3n) is 3.99. The largest absolute Gasteiger partial charge is 0.379 e. The lowest BCUT2D eigenvalue weighted by Gasteiger charge is -2.27. The molecule has 1 atom stereocenters. The van der Waals surface area contributed by atoms with Crippen LogP contribution in [0.2, 0.25) is 5.02 Å². The van der Waals surface area contributed by atoms with Crippen LogP contribution >= 0.6 is 11.6 Å². The van der Waals surface area contributed by atoms with E-state index in [1.165, 1.54) is 50.7 Å². The SMILES string of the molecule is NCC(Nc1cc(F)ccc1Cl)C1CCCCCC1. The third kappa shape index (κ3) is 4.08. The summed E-state index contributed by atoms with van der Waals surface area (Å²) in [5, 5.41) is 3.89. The predicted octanol–water partition coefficient (Wildman–Crippen LogP) is 4.19. The molecule has 0 saturated heterocycles. The summed E-state index contributed by atoms with van der Waals surface area (Å²) in [5.74, 6) is 0.287. The van der Waals surface area contributed by atoms with Crippen LogP contribution in [-0.4, -0.2) is 12.6 Å². The van der Waals surface area contributed by atoms with Crippen molar-refractivity contribution in [1.29, 1.82) is 0 Å². The van der Waals surface area contributed by atoms with Crippen molar-refractivity contribution in [2.75, 3.05) is 11.9 Å². The van der Waals surface area contributed by atoms with E-state index in [1.54, 1.807) is 6.07 Å². The molecule has 0 radical (unpaired) electrons. The van der Waals surface area contributed by atoms with Gasteiger partial charge in [0.15, 0.2) is 0 Å². The van der Waals surface area contributed by atoms with Crippen LogP contribution < -0.4 is 11.1 Å². The molecular weight excluding hydrogens is 263 g/mol. The fraction of sp³-hybridized carbons (Fsp3) is 0.600. The monoisotopic (exact) mass is 284 g/mol. The molecule has 2 nitrogen and oxygen atoms in total. The van der Waals surface area contributed by atoms with Gasteiger partial charge in [0, 0.05) is 12.6 Å². The topological polar surface area (TPSA) is 38.0 Å². The summed E-state index contributed by atoms with van der Waals surface area (Å²) >= 11 is 6.10. The second-order valence-electron chi connectivity index (χ2n) is 5.36. The highest BCUT2D eigenvalue weighted by Gasteiger charge is 2.22. The summed E-state index contributed by atoms with van der Waals surface area (Å²) in [6.45, 7) is 0.553. The predicted molar refractivity (Wildman–Crippen MR) is 79.1 cm³/mol. The van der Waals surface area contributed by atoms with Gasteiger partial charge in [0.25, 0.3) is 0 Å². The lowest BCUT2D eigenvalue weighted by Crippen LogP contribution is -2.36. The molecule has 0 bridgehead atoms. The Hall–Kier alpha value is -0.800. The van der Waals surface area contributed by atoms with Crippen LogP contribution in [-0.2, 0) is 0 Å². The number of benzene rings is 1. The summed E-state index contributed by atoms with van der Waals surface area (Å²) in [7, 11) is 0. The summed E-state index contributed by atoms with van der Waals surface area (Å²) in [6, 6.07) is 4.58. The molecule has 1 aromatic carbocycles. The molecule has 19 heavy (non-hydrogen) atoms. The van der Waals surface area contributed by atoms with E-state index in [1.807, 2.05) is 0 Å². The molecule has 0 aliphatic heterocycles. The number of rotatable bonds is 4. The molecule has 106 valence electrons. The second-order valence-corrected chi connectivity index (χ2v) is 5.77. The Morgan fingerprint density at radius 2 is 1.95 bits per heavy atom. The lowest BCUT2D eigenvalue weighted by atomic mass is 9.91. The molecule has 1 fully saturated rings. The molecular formula is C15H22ClFN2. The van der Waals surface area contributed by atoms with E-state index in [2.05, 4.69) is 5.32 Å². The normalized spacial score (nSPS) is 18.9. The van der Waals surface area contributed by atoms with Gasteiger partial charge in [-0.05, 0) is 37.0 Å². The fourth-order valence-electron chi connectivity index (χ4n) is 2.89. The van der Waals surface area contributed by atoms with Gasteiger partial charge in [-0.15, -0.1) is 0 Å². The van der Waals surface area contributed by atoms with Gasteiger partial charge in [-0.1, -0.05) is 37.3 Å². The van der Waals surface area contributed by atoms with Crippen molar-refractivity contribution in [1.82, 2.24) is 0 Å². The molecule has 1 aliphatic carbocycles. The Bertz CT molecular complexity index is 403. The van der Waals surface area contributed by atoms with Gasteiger partial charge >= 0.3 is 0 Å². The van der Waals surface area contributed by atoms with E-state index in [0.717, 1.165) is 0 Å². The number of anilines is 1.